The minimum Gasteiger partial charge on any atom is -0.352 e. The first-order valence-electron chi connectivity index (χ1n) is 4.02. The number of hydrogen-bond acceptors (Lipinski definition) is 3. The third-order valence-corrected chi connectivity index (χ3v) is 1.95. The fourth-order valence-electron chi connectivity index (χ4n) is 0.843. The molecule has 1 rings (SSSR count). The number of nitrogens with one attached hydrogen (secondary N) is 1. The fraction of sp³-hybridized carbons (Fsp3) is 0.500. The summed E-state index contributed by atoms with van der Waals surface area (Å²) in [5.41, 5.74) is 0. The third-order valence-electron chi connectivity index (χ3n) is 1.54. The van der Waals surface area contributed by atoms with Crippen LogP contribution < -0.4 is 5.32 Å². The first-order chi connectivity index (χ1) is 6.22. The molecule has 1 unspecified atom stereocenters. The van der Waals surface area contributed by atoms with Crippen LogP contribution in [0.2, 0.25) is 5.02 Å². The zero-order valence-corrected chi connectivity index (χ0v) is 8.81. The van der Waals surface area contributed by atoms with E-state index >= 15 is 0 Å². The molecule has 1 aromatic heterocycles. The molecule has 0 saturated carbocycles. The second-order valence-electron chi connectivity index (χ2n) is 2.75. The van der Waals surface area contributed by atoms with Crippen LogP contribution in [-0.2, 0) is 0 Å². The quantitative estimate of drug-likeness (QED) is 0.792. The van der Waals surface area contributed by atoms with Gasteiger partial charge in [0.15, 0.2) is 0 Å². The predicted octanol–water partition coefficient (Wildman–Crippen LogP) is 2.56. The second-order valence-corrected chi connectivity index (χ2v) is 3.56. The van der Waals surface area contributed by atoms with Crippen molar-refractivity contribution < 1.29 is 0 Å². The number of aromatic nitrogens is 2. The first-order valence-corrected chi connectivity index (χ1v) is 4.93. The van der Waals surface area contributed by atoms with E-state index in [-0.39, 0.29) is 6.04 Å². The minimum absolute atomic E-state index is 0.277. The van der Waals surface area contributed by atoms with Crippen LogP contribution >= 0.6 is 23.2 Å². The molecular formula is C8H11Cl2N3. The van der Waals surface area contributed by atoms with Crippen molar-refractivity contribution in [1.29, 1.82) is 0 Å². The summed E-state index contributed by atoms with van der Waals surface area (Å²) in [5.74, 6) is 1.21. The summed E-state index contributed by atoms with van der Waals surface area (Å²) in [6.07, 6.45) is 4.00. The highest BCUT2D eigenvalue weighted by Gasteiger charge is 2.02. The van der Waals surface area contributed by atoms with Gasteiger partial charge in [-0.25, -0.2) is 9.97 Å². The summed E-state index contributed by atoms with van der Waals surface area (Å²) >= 11 is 11.2. The number of halogens is 2. The lowest BCUT2D eigenvalue weighted by molar-refractivity contribution is 0.757. The summed E-state index contributed by atoms with van der Waals surface area (Å²) in [7, 11) is 0. The van der Waals surface area contributed by atoms with Crippen LogP contribution in [0, 0.1) is 0 Å². The Morgan fingerprint density at radius 1 is 1.46 bits per heavy atom. The molecule has 72 valence electrons. The Labute approximate surface area is 87.5 Å². The minimum atomic E-state index is 0.277. The van der Waals surface area contributed by atoms with Crippen LogP contribution in [0.4, 0.5) is 5.95 Å². The van der Waals surface area contributed by atoms with Gasteiger partial charge in [-0.05, 0) is 13.3 Å². The SMILES string of the molecule is CC(CCCl)Nc1ncc(Cl)cn1. The molecule has 0 aliphatic carbocycles. The first kappa shape index (κ1) is 10.5. The van der Waals surface area contributed by atoms with Gasteiger partial charge in [0.25, 0.3) is 0 Å². The predicted molar refractivity (Wildman–Crippen MR) is 55.5 cm³/mol. The van der Waals surface area contributed by atoms with Crippen molar-refractivity contribution in [3.63, 3.8) is 0 Å². The second kappa shape index (κ2) is 5.25. The van der Waals surface area contributed by atoms with Crippen molar-refractivity contribution in [2.45, 2.75) is 19.4 Å². The average molecular weight is 220 g/mol. The maximum absolute atomic E-state index is 5.64. The van der Waals surface area contributed by atoms with Crippen LogP contribution in [0.3, 0.4) is 0 Å². The van der Waals surface area contributed by atoms with E-state index in [2.05, 4.69) is 15.3 Å². The molecule has 0 fully saturated rings. The van der Waals surface area contributed by atoms with Crippen molar-refractivity contribution in [3.05, 3.63) is 17.4 Å². The van der Waals surface area contributed by atoms with E-state index in [0.29, 0.717) is 16.9 Å². The summed E-state index contributed by atoms with van der Waals surface area (Å²) in [4.78, 5) is 8.01. The summed E-state index contributed by atoms with van der Waals surface area (Å²) < 4.78 is 0. The van der Waals surface area contributed by atoms with E-state index in [0.717, 1.165) is 6.42 Å². The van der Waals surface area contributed by atoms with E-state index in [1.807, 2.05) is 6.92 Å². The summed E-state index contributed by atoms with van der Waals surface area (Å²) in [6, 6.07) is 0.277. The maximum atomic E-state index is 5.64. The van der Waals surface area contributed by atoms with Crippen LogP contribution in [0.1, 0.15) is 13.3 Å². The summed E-state index contributed by atoms with van der Waals surface area (Å²) in [5, 5.41) is 3.64. The number of anilines is 1. The molecule has 0 bridgehead atoms. The number of nitrogens with zero attached hydrogens (tertiary/aromatic N) is 2. The van der Waals surface area contributed by atoms with Gasteiger partial charge in [0.2, 0.25) is 5.95 Å². The molecule has 5 heteroatoms. The summed E-state index contributed by atoms with van der Waals surface area (Å²) in [6.45, 7) is 2.03. The van der Waals surface area contributed by atoms with Crippen molar-refractivity contribution >= 4 is 29.2 Å². The molecule has 0 amide bonds. The van der Waals surface area contributed by atoms with Gasteiger partial charge < -0.3 is 5.32 Å². The molecular weight excluding hydrogens is 209 g/mol. The molecule has 1 aromatic rings. The van der Waals surface area contributed by atoms with Crippen LogP contribution in [0.5, 0.6) is 0 Å². The number of hydrogen-bond donors (Lipinski definition) is 1. The van der Waals surface area contributed by atoms with Crippen molar-refractivity contribution in [3.8, 4) is 0 Å². The lowest BCUT2D eigenvalue weighted by Crippen LogP contribution is -2.17. The Morgan fingerprint density at radius 2 is 2.08 bits per heavy atom. The fourth-order valence-corrected chi connectivity index (χ4v) is 1.27. The van der Waals surface area contributed by atoms with Crippen molar-refractivity contribution in [2.24, 2.45) is 0 Å². The Morgan fingerprint density at radius 3 is 2.62 bits per heavy atom. The zero-order chi connectivity index (χ0) is 9.68. The number of alkyl halides is 1. The Bertz CT molecular complexity index is 250. The standard InChI is InChI=1S/C8H11Cl2N3/c1-6(2-3-9)13-8-11-4-7(10)5-12-8/h4-6H,2-3H2,1H3,(H,11,12,13). The van der Waals surface area contributed by atoms with Gasteiger partial charge in [-0.3, -0.25) is 0 Å². The molecule has 0 spiro atoms. The van der Waals surface area contributed by atoms with Gasteiger partial charge in [0, 0.05) is 11.9 Å². The molecule has 1 atom stereocenters. The molecule has 1 heterocycles. The monoisotopic (exact) mass is 219 g/mol. The van der Waals surface area contributed by atoms with Gasteiger partial charge in [-0.15, -0.1) is 11.6 Å². The zero-order valence-electron chi connectivity index (χ0n) is 7.30. The van der Waals surface area contributed by atoms with Gasteiger partial charge in [-0.1, -0.05) is 11.6 Å². The lowest BCUT2D eigenvalue weighted by atomic mass is 10.3. The number of rotatable bonds is 4. The van der Waals surface area contributed by atoms with Gasteiger partial charge in [0.1, 0.15) is 0 Å². The van der Waals surface area contributed by atoms with E-state index < -0.39 is 0 Å². The molecule has 0 saturated heterocycles. The smallest absolute Gasteiger partial charge is 0.222 e. The highest BCUT2D eigenvalue weighted by atomic mass is 35.5. The lowest BCUT2D eigenvalue weighted by Gasteiger charge is -2.11. The van der Waals surface area contributed by atoms with Gasteiger partial charge in [0.05, 0.1) is 17.4 Å². The normalized spacial score (nSPS) is 12.5. The van der Waals surface area contributed by atoms with Crippen molar-refractivity contribution in [2.75, 3.05) is 11.2 Å². The molecule has 13 heavy (non-hydrogen) atoms. The van der Waals surface area contributed by atoms with Crippen LogP contribution in [-0.4, -0.2) is 21.9 Å². The molecule has 1 N–H and O–H groups in total. The Balaban J connectivity index is 2.49. The largest absolute Gasteiger partial charge is 0.352 e. The van der Waals surface area contributed by atoms with E-state index in [1.54, 1.807) is 12.4 Å². The third kappa shape index (κ3) is 3.79. The van der Waals surface area contributed by atoms with Crippen LogP contribution in [0.15, 0.2) is 12.4 Å². The topological polar surface area (TPSA) is 37.8 Å². The highest BCUT2D eigenvalue weighted by molar-refractivity contribution is 6.30. The average Bonchev–Trinajstić information content (AvgIpc) is 2.09. The molecule has 3 nitrogen and oxygen atoms in total. The molecule has 0 aromatic carbocycles. The molecule has 0 aliphatic heterocycles. The molecule has 0 aliphatic rings. The van der Waals surface area contributed by atoms with Crippen molar-refractivity contribution in [1.82, 2.24) is 9.97 Å². The van der Waals surface area contributed by atoms with E-state index in [4.69, 9.17) is 23.2 Å². The highest BCUT2D eigenvalue weighted by Crippen LogP contribution is 2.07. The maximum Gasteiger partial charge on any atom is 0.222 e. The van der Waals surface area contributed by atoms with Gasteiger partial charge in [-0.2, -0.15) is 0 Å². The molecule has 0 radical (unpaired) electrons. The van der Waals surface area contributed by atoms with Crippen LogP contribution in [0.25, 0.3) is 0 Å². The van der Waals surface area contributed by atoms with E-state index in [9.17, 15) is 0 Å². The van der Waals surface area contributed by atoms with E-state index in [1.165, 1.54) is 0 Å². The Hall–Kier alpha value is -0.540. The van der Waals surface area contributed by atoms with Gasteiger partial charge >= 0.3 is 0 Å². The Kier molecular flexibility index (Phi) is 4.25.